The molecule has 282 valence electrons. The summed E-state index contributed by atoms with van der Waals surface area (Å²) in [6, 6.07) is 27.2. The van der Waals surface area contributed by atoms with Crippen molar-refractivity contribution < 1.29 is 0 Å². The predicted molar refractivity (Wildman–Crippen MR) is 224 cm³/mol. The van der Waals surface area contributed by atoms with Crippen LogP contribution in [0.15, 0.2) is 72.8 Å². The van der Waals surface area contributed by atoms with Crippen molar-refractivity contribution in [2.45, 2.75) is 122 Å². The number of fused-ring (bicyclic) bond motifs is 2. The second kappa shape index (κ2) is 14.5. The first-order chi connectivity index (χ1) is 25.1. The average molecular weight is 713 g/mol. The largest absolute Gasteiger partial charge is 0.356 e. The third-order valence-corrected chi connectivity index (χ3v) is 13.1. The summed E-state index contributed by atoms with van der Waals surface area (Å²) in [5.74, 6) is 2.18. The van der Waals surface area contributed by atoms with Crippen molar-refractivity contribution in [2.24, 2.45) is 5.73 Å². The summed E-state index contributed by atoms with van der Waals surface area (Å²) < 4.78 is 0. The number of nitrogens with one attached hydrogen (secondary N) is 1. The molecule has 6 heteroatoms. The summed E-state index contributed by atoms with van der Waals surface area (Å²) in [5, 5.41) is 3.41. The summed E-state index contributed by atoms with van der Waals surface area (Å²) in [4.78, 5) is 14.8. The summed E-state index contributed by atoms with van der Waals surface area (Å²) in [6.07, 6.45) is 7.07. The van der Waals surface area contributed by atoms with Crippen LogP contribution in [-0.2, 0) is 21.7 Å². The number of aromatic nitrogens is 2. The van der Waals surface area contributed by atoms with E-state index in [4.69, 9.17) is 15.7 Å². The molecule has 4 heterocycles. The number of hydrogen-bond acceptors (Lipinski definition) is 6. The third-order valence-electron chi connectivity index (χ3n) is 13.1. The van der Waals surface area contributed by atoms with E-state index in [2.05, 4.69) is 143 Å². The molecule has 4 aliphatic rings. The topological polar surface area (TPSA) is 70.3 Å². The van der Waals surface area contributed by atoms with Crippen molar-refractivity contribution in [3.05, 3.63) is 95.1 Å². The number of piperidine rings is 1. The van der Waals surface area contributed by atoms with E-state index in [9.17, 15) is 0 Å². The zero-order valence-corrected chi connectivity index (χ0v) is 33.9. The third kappa shape index (κ3) is 7.91. The Morgan fingerprint density at radius 2 is 0.925 bits per heavy atom. The monoisotopic (exact) mass is 713 g/mol. The number of benzene rings is 2. The lowest BCUT2D eigenvalue weighted by Gasteiger charge is -2.42. The molecular weight excluding hydrogens is 649 g/mol. The van der Waals surface area contributed by atoms with E-state index >= 15 is 0 Å². The van der Waals surface area contributed by atoms with Crippen LogP contribution in [0.2, 0.25) is 0 Å². The molecule has 2 saturated heterocycles. The molecule has 0 atom stereocenters. The Balaban J connectivity index is 0.000000164. The molecule has 2 aliphatic carbocycles. The highest BCUT2D eigenvalue weighted by molar-refractivity contribution is 5.66. The van der Waals surface area contributed by atoms with Crippen molar-refractivity contribution in [3.8, 4) is 22.5 Å². The summed E-state index contributed by atoms with van der Waals surface area (Å²) >= 11 is 0. The van der Waals surface area contributed by atoms with Gasteiger partial charge in [-0.25, -0.2) is 9.97 Å². The molecule has 2 aliphatic heterocycles. The number of pyridine rings is 2. The minimum absolute atomic E-state index is 0.224. The molecule has 2 fully saturated rings. The molecule has 0 amide bonds. The molecule has 0 radical (unpaired) electrons. The van der Waals surface area contributed by atoms with Gasteiger partial charge in [-0.05, 0) is 119 Å². The van der Waals surface area contributed by atoms with E-state index in [1.807, 2.05) is 0 Å². The average Bonchev–Trinajstić information content (AvgIpc) is 3.16. The molecule has 2 aromatic carbocycles. The highest BCUT2D eigenvalue weighted by Crippen LogP contribution is 2.48. The van der Waals surface area contributed by atoms with Crippen molar-refractivity contribution >= 4 is 11.6 Å². The van der Waals surface area contributed by atoms with Crippen LogP contribution in [0, 0.1) is 0 Å². The minimum atomic E-state index is 0.224. The van der Waals surface area contributed by atoms with Crippen LogP contribution in [-0.4, -0.2) is 55.3 Å². The van der Waals surface area contributed by atoms with Gasteiger partial charge in [0.25, 0.3) is 0 Å². The number of piperazine rings is 1. The van der Waals surface area contributed by atoms with Gasteiger partial charge in [0, 0.05) is 56.4 Å². The van der Waals surface area contributed by atoms with Gasteiger partial charge in [-0.3, -0.25) is 0 Å². The first-order valence-corrected chi connectivity index (χ1v) is 20.3. The maximum atomic E-state index is 6.06. The molecule has 8 rings (SSSR count). The summed E-state index contributed by atoms with van der Waals surface area (Å²) in [5.41, 5.74) is 17.7. The van der Waals surface area contributed by atoms with E-state index in [1.165, 1.54) is 59.1 Å². The molecule has 3 N–H and O–H groups in total. The fourth-order valence-corrected chi connectivity index (χ4v) is 9.04. The normalized spacial score (nSPS) is 21.5. The predicted octanol–water partition coefficient (Wildman–Crippen LogP) is 9.53. The van der Waals surface area contributed by atoms with Gasteiger partial charge in [0.2, 0.25) is 0 Å². The van der Waals surface area contributed by atoms with E-state index in [1.54, 1.807) is 0 Å². The molecule has 6 nitrogen and oxygen atoms in total. The maximum Gasteiger partial charge on any atom is 0.129 e. The van der Waals surface area contributed by atoms with Crippen LogP contribution in [0.25, 0.3) is 22.5 Å². The molecule has 4 aromatic rings. The Morgan fingerprint density at radius 1 is 0.528 bits per heavy atom. The Bertz CT molecular complexity index is 1910. The van der Waals surface area contributed by atoms with Gasteiger partial charge in [0.05, 0.1) is 11.4 Å². The van der Waals surface area contributed by atoms with Crippen LogP contribution in [0.3, 0.4) is 0 Å². The Labute approximate surface area is 320 Å². The first kappa shape index (κ1) is 37.6. The lowest BCUT2D eigenvalue weighted by molar-refractivity contribution is 0.332. The molecular formula is C47H64N6. The molecule has 0 saturated carbocycles. The van der Waals surface area contributed by atoms with Crippen molar-refractivity contribution in [3.63, 3.8) is 0 Å². The number of nitrogens with two attached hydrogens (primary N) is 1. The zero-order chi connectivity index (χ0) is 37.6. The number of rotatable bonds is 4. The molecule has 53 heavy (non-hydrogen) atoms. The van der Waals surface area contributed by atoms with Gasteiger partial charge in [0.15, 0.2) is 0 Å². The Kier molecular flexibility index (Phi) is 10.3. The Morgan fingerprint density at radius 3 is 1.36 bits per heavy atom. The van der Waals surface area contributed by atoms with Gasteiger partial charge in [-0.15, -0.1) is 0 Å². The number of anilines is 2. The Hall–Kier alpha value is -3.74. The fraction of sp³-hybridized carbons (Fsp3) is 0.532. The summed E-state index contributed by atoms with van der Waals surface area (Å²) in [7, 11) is 0. The highest BCUT2D eigenvalue weighted by Gasteiger charge is 2.38. The minimum Gasteiger partial charge on any atom is -0.356 e. The molecule has 2 aromatic heterocycles. The second-order valence-corrected chi connectivity index (χ2v) is 18.9. The molecule has 0 spiro atoms. The van der Waals surface area contributed by atoms with Crippen LogP contribution in [0.5, 0.6) is 0 Å². The number of hydrogen-bond donors (Lipinski definition) is 2. The SMILES string of the molecule is CC1(C)CCC(C)(C)c2cc(-c3cccc(N4CCC(N)CC4)n3)ccc21.CC1(C)CCC(C)(C)c2cc(-c3cccc(N4CCNCC4)n3)ccc21. The summed E-state index contributed by atoms with van der Waals surface area (Å²) in [6.45, 7) is 25.2. The van der Waals surface area contributed by atoms with E-state index < -0.39 is 0 Å². The van der Waals surface area contributed by atoms with Crippen LogP contribution in [0.1, 0.15) is 116 Å². The van der Waals surface area contributed by atoms with Crippen molar-refractivity contribution in [2.75, 3.05) is 49.1 Å². The van der Waals surface area contributed by atoms with E-state index in [0.29, 0.717) is 6.04 Å². The van der Waals surface area contributed by atoms with Gasteiger partial charge in [-0.1, -0.05) is 91.8 Å². The zero-order valence-electron chi connectivity index (χ0n) is 33.9. The second-order valence-electron chi connectivity index (χ2n) is 18.9. The molecule has 0 bridgehead atoms. The standard InChI is InChI=1S/C24H33N3.C23H31N3/c1-23(2)12-13-24(3,4)20-16-17(8-9-19(20)23)21-6-5-7-22(26-21)27-14-10-18(25)11-15-27;1-22(2)10-11-23(3,4)19-16-17(8-9-18(19)22)20-6-5-7-21(25-20)26-14-12-24-13-15-26/h5-9,16,18H,10-15,25H2,1-4H3;5-9,16,24H,10-15H2,1-4H3. The number of nitrogens with zero attached hydrogens (tertiary/aromatic N) is 4. The first-order valence-electron chi connectivity index (χ1n) is 20.3. The van der Waals surface area contributed by atoms with Crippen LogP contribution in [0.4, 0.5) is 11.6 Å². The van der Waals surface area contributed by atoms with Crippen molar-refractivity contribution in [1.82, 2.24) is 15.3 Å². The van der Waals surface area contributed by atoms with Gasteiger partial charge in [-0.2, -0.15) is 0 Å². The lowest BCUT2D eigenvalue weighted by atomic mass is 9.63. The van der Waals surface area contributed by atoms with Gasteiger partial charge in [0.1, 0.15) is 11.6 Å². The van der Waals surface area contributed by atoms with E-state index in [0.717, 1.165) is 75.1 Å². The van der Waals surface area contributed by atoms with Crippen molar-refractivity contribution in [1.29, 1.82) is 0 Å². The molecule has 0 unspecified atom stereocenters. The van der Waals surface area contributed by atoms with Gasteiger partial charge < -0.3 is 20.9 Å². The smallest absolute Gasteiger partial charge is 0.129 e. The maximum absolute atomic E-state index is 6.06. The lowest BCUT2D eigenvalue weighted by Crippen LogP contribution is -2.43. The fourth-order valence-electron chi connectivity index (χ4n) is 9.04. The van der Waals surface area contributed by atoms with Gasteiger partial charge >= 0.3 is 0 Å². The van der Waals surface area contributed by atoms with Crippen LogP contribution >= 0.6 is 0 Å². The van der Waals surface area contributed by atoms with E-state index in [-0.39, 0.29) is 21.7 Å². The quantitative estimate of drug-likeness (QED) is 0.220. The highest BCUT2D eigenvalue weighted by atomic mass is 15.2. The van der Waals surface area contributed by atoms with Crippen LogP contribution < -0.4 is 20.9 Å².